The molecule has 0 N–H and O–H groups in total. The van der Waals surface area contributed by atoms with Gasteiger partial charge in [0.05, 0.1) is 24.6 Å². The molecule has 0 aliphatic heterocycles. The number of esters is 1. The summed E-state index contributed by atoms with van der Waals surface area (Å²) in [6, 6.07) is 0.275. The fraction of sp³-hybridized carbons (Fsp3) is 0.615. The van der Waals surface area contributed by atoms with Gasteiger partial charge in [-0.25, -0.2) is 4.98 Å². The van der Waals surface area contributed by atoms with Crippen molar-refractivity contribution in [2.24, 2.45) is 11.8 Å². The third kappa shape index (κ3) is 2.36. The number of nitrogens with zero attached hydrogens (tertiary/aromatic N) is 2. The Hall–Kier alpha value is -1.43. The number of hydrogen-bond acceptors (Lipinski definition) is 5. The average molecular weight is 280 g/mol. The van der Waals surface area contributed by atoms with Crippen LogP contribution >= 0.6 is 11.3 Å². The third-order valence-electron chi connectivity index (χ3n) is 3.57. The van der Waals surface area contributed by atoms with E-state index in [9.17, 15) is 9.59 Å². The Balaban J connectivity index is 1.75. The highest BCUT2D eigenvalue weighted by molar-refractivity contribution is 7.14. The number of carbonyl (C=O) groups excluding carboxylic acids is 2. The number of carbonyl (C=O) groups is 2. The molecule has 2 saturated carbocycles. The van der Waals surface area contributed by atoms with E-state index in [2.05, 4.69) is 4.98 Å². The van der Waals surface area contributed by atoms with Crippen LogP contribution in [0, 0.1) is 18.8 Å². The first kappa shape index (κ1) is 12.6. The molecular formula is C13H16N2O3S. The first-order valence-electron chi connectivity index (χ1n) is 6.45. The van der Waals surface area contributed by atoms with Gasteiger partial charge in [-0.1, -0.05) is 0 Å². The van der Waals surface area contributed by atoms with Gasteiger partial charge < -0.3 is 4.74 Å². The van der Waals surface area contributed by atoms with E-state index in [1.165, 1.54) is 18.4 Å². The lowest BCUT2D eigenvalue weighted by atomic mass is 10.3. The summed E-state index contributed by atoms with van der Waals surface area (Å²) in [4.78, 5) is 30.1. The molecule has 5 nitrogen and oxygen atoms in total. The van der Waals surface area contributed by atoms with Gasteiger partial charge in [-0.15, -0.1) is 11.3 Å². The Kier molecular flexibility index (Phi) is 3.05. The van der Waals surface area contributed by atoms with Gasteiger partial charge in [0.15, 0.2) is 5.13 Å². The molecule has 2 aliphatic carbocycles. The van der Waals surface area contributed by atoms with E-state index in [0.717, 1.165) is 23.7 Å². The molecular weight excluding hydrogens is 264 g/mol. The molecule has 0 aromatic carbocycles. The van der Waals surface area contributed by atoms with E-state index < -0.39 is 0 Å². The fourth-order valence-electron chi connectivity index (χ4n) is 2.27. The average Bonchev–Trinajstić information content (AvgIpc) is 3.29. The summed E-state index contributed by atoms with van der Waals surface area (Å²) in [6.45, 7) is 1.92. The van der Waals surface area contributed by atoms with E-state index in [-0.39, 0.29) is 29.8 Å². The van der Waals surface area contributed by atoms with Gasteiger partial charge in [-0.05, 0) is 26.2 Å². The Labute approximate surface area is 115 Å². The summed E-state index contributed by atoms with van der Waals surface area (Å²) < 4.78 is 4.70. The van der Waals surface area contributed by atoms with Crippen LogP contribution in [-0.4, -0.2) is 30.0 Å². The normalized spacial score (nSPS) is 24.9. The molecule has 1 heterocycles. The summed E-state index contributed by atoms with van der Waals surface area (Å²) in [5.41, 5.74) is 0.929. The molecule has 0 radical (unpaired) electrons. The van der Waals surface area contributed by atoms with E-state index in [1.54, 1.807) is 4.90 Å². The minimum Gasteiger partial charge on any atom is -0.469 e. The number of aryl methyl sites for hydroxylation is 1. The van der Waals surface area contributed by atoms with Gasteiger partial charge >= 0.3 is 5.97 Å². The predicted octanol–water partition coefficient (Wildman–Crippen LogP) is 1.76. The van der Waals surface area contributed by atoms with Gasteiger partial charge in [-0.2, -0.15) is 0 Å². The van der Waals surface area contributed by atoms with Crippen molar-refractivity contribution < 1.29 is 14.3 Å². The molecule has 102 valence electrons. The summed E-state index contributed by atoms with van der Waals surface area (Å²) in [5, 5.41) is 2.71. The molecule has 1 aromatic rings. The van der Waals surface area contributed by atoms with Gasteiger partial charge in [0.2, 0.25) is 5.91 Å². The van der Waals surface area contributed by atoms with Crippen molar-refractivity contribution in [1.82, 2.24) is 4.98 Å². The first-order valence-corrected chi connectivity index (χ1v) is 7.33. The molecule has 2 atom stereocenters. The number of thiazole rings is 1. The number of amides is 1. The molecule has 19 heavy (non-hydrogen) atoms. The highest BCUT2D eigenvalue weighted by Gasteiger charge is 2.52. The quantitative estimate of drug-likeness (QED) is 0.788. The Morgan fingerprint density at radius 2 is 2.16 bits per heavy atom. The number of methoxy groups -OCH3 is 1. The Morgan fingerprint density at radius 3 is 2.68 bits per heavy atom. The largest absolute Gasteiger partial charge is 0.469 e. The molecule has 2 fully saturated rings. The van der Waals surface area contributed by atoms with Crippen LogP contribution in [-0.2, 0) is 14.3 Å². The number of anilines is 1. The molecule has 2 aliphatic rings. The lowest BCUT2D eigenvalue weighted by Crippen LogP contribution is -2.35. The van der Waals surface area contributed by atoms with E-state index in [0.29, 0.717) is 6.42 Å². The molecule has 2 unspecified atom stereocenters. The van der Waals surface area contributed by atoms with Crippen molar-refractivity contribution in [2.75, 3.05) is 12.0 Å². The number of ether oxygens (including phenoxy) is 1. The van der Waals surface area contributed by atoms with Crippen LogP contribution in [0.25, 0.3) is 0 Å². The van der Waals surface area contributed by atoms with Crippen LogP contribution < -0.4 is 4.90 Å². The molecule has 1 aromatic heterocycles. The van der Waals surface area contributed by atoms with Crippen LogP contribution in [0.5, 0.6) is 0 Å². The SMILES string of the molecule is COC(=O)C1CC1C(=O)N(c1nc(C)cs1)C1CC1. The summed E-state index contributed by atoms with van der Waals surface area (Å²) in [7, 11) is 1.37. The van der Waals surface area contributed by atoms with Crippen molar-refractivity contribution in [2.45, 2.75) is 32.2 Å². The Bertz CT molecular complexity index is 524. The molecule has 0 spiro atoms. The summed E-state index contributed by atoms with van der Waals surface area (Å²) in [6.07, 6.45) is 2.67. The highest BCUT2D eigenvalue weighted by Crippen LogP contribution is 2.44. The zero-order valence-electron chi connectivity index (χ0n) is 11.0. The maximum absolute atomic E-state index is 12.5. The second-order valence-corrected chi connectivity index (χ2v) is 6.02. The molecule has 6 heteroatoms. The summed E-state index contributed by atoms with van der Waals surface area (Å²) >= 11 is 1.49. The maximum Gasteiger partial charge on any atom is 0.309 e. The Morgan fingerprint density at radius 1 is 1.42 bits per heavy atom. The molecule has 3 rings (SSSR count). The zero-order valence-corrected chi connectivity index (χ0v) is 11.8. The third-order valence-corrected chi connectivity index (χ3v) is 4.53. The predicted molar refractivity (Wildman–Crippen MR) is 71.0 cm³/mol. The lowest BCUT2D eigenvalue weighted by Gasteiger charge is -2.19. The van der Waals surface area contributed by atoms with Crippen molar-refractivity contribution in [3.05, 3.63) is 11.1 Å². The van der Waals surface area contributed by atoms with Crippen molar-refractivity contribution in [1.29, 1.82) is 0 Å². The second-order valence-electron chi connectivity index (χ2n) is 5.18. The minimum absolute atomic E-state index is 0.0345. The smallest absolute Gasteiger partial charge is 0.309 e. The molecule has 0 saturated heterocycles. The topological polar surface area (TPSA) is 59.5 Å². The fourth-order valence-corrected chi connectivity index (χ4v) is 3.15. The number of hydrogen-bond donors (Lipinski definition) is 0. The zero-order chi connectivity index (χ0) is 13.6. The first-order chi connectivity index (χ1) is 9.11. The van der Waals surface area contributed by atoms with Crippen LogP contribution in [0.4, 0.5) is 5.13 Å². The van der Waals surface area contributed by atoms with Crippen molar-refractivity contribution >= 4 is 28.3 Å². The molecule has 1 amide bonds. The monoisotopic (exact) mass is 280 g/mol. The number of aromatic nitrogens is 1. The van der Waals surface area contributed by atoms with Gasteiger partial charge in [0, 0.05) is 11.4 Å². The second kappa shape index (κ2) is 4.59. The van der Waals surface area contributed by atoms with Gasteiger partial charge in [-0.3, -0.25) is 14.5 Å². The van der Waals surface area contributed by atoms with Crippen molar-refractivity contribution in [3.8, 4) is 0 Å². The van der Waals surface area contributed by atoms with Crippen LogP contribution in [0.1, 0.15) is 25.0 Å². The molecule has 0 bridgehead atoms. The van der Waals surface area contributed by atoms with Crippen LogP contribution in [0.3, 0.4) is 0 Å². The standard InChI is InChI=1S/C13H16N2O3S/c1-7-6-19-13(14-7)15(8-3-4-8)11(16)9-5-10(9)12(17)18-2/h6,8-10H,3-5H2,1-2H3. The van der Waals surface area contributed by atoms with Gasteiger partial charge in [0.25, 0.3) is 0 Å². The van der Waals surface area contributed by atoms with E-state index in [1.807, 2.05) is 12.3 Å². The van der Waals surface area contributed by atoms with Crippen LogP contribution in [0.2, 0.25) is 0 Å². The van der Waals surface area contributed by atoms with E-state index >= 15 is 0 Å². The summed E-state index contributed by atoms with van der Waals surface area (Å²) in [5.74, 6) is -0.700. The minimum atomic E-state index is -0.274. The van der Waals surface area contributed by atoms with Crippen LogP contribution in [0.15, 0.2) is 5.38 Å². The van der Waals surface area contributed by atoms with Gasteiger partial charge in [0.1, 0.15) is 0 Å². The number of rotatable bonds is 4. The maximum atomic E-state index is 12.5. The lowest BCUT2D eigenvalue weighted by molar-refractivity contribution is -0.143. The van der Waals surface area contributed by atoms with Crippen molar-refractivity contribution in [3.63, 3.8) is 0 Å². The van der Waals surface area contributed by atoms with E-state index in [4.69, 9.17) is 4.74 Å². The highest BCUT2D eigenvalue weighted by atomic mass is 32.1.